The number of pyridine rings is 1. The minimum Gasteiger partial charge on any atom is -0.380 e. The third-order valence-corrected chi connectivity index (χ3v) is 4.25. The van der Waals surface area contributed by atoms with Crippen molar-refractivity contribution in [2.24, 2.45) is 5.92 Å². The maximum atomic E-state index is 5.69. The maximum Gasteiger partial charge on any atom is 0.161 e. The number of nitrogens with zero attached hydrogens (tertiary/aromatic N) is 3. The highest BCUT2D eigenvalue weighted by molar-refractivity contribution is 5.60. The zero-order valence-corrected chi connectivity index (χ0v) is 14.6. The number of aromatic nitrogens is 3. The Kier molecular flexibility index (Phi) is 5.75. The average Bonchev–Trinajstić information content (AvgIpc) is 3.07. The van der Waals surface area contributed by atoms with Crippen molar-refractivity contribution >= 4 is 5.82 Å². The number of ether oxygens (including phenoxy) is 1. The van der Waals surface area contributed by atoms with Crippen molar-refractivity contribution in [2.45, 2.75) is 39.5 Å². The quantitative estimate of drug-likeness (QED) is 0.752. The zero-order chi connectivity index (χ0) is 16.8. The van der Waals surface area contributed by atoms with Gasteiger partial charge in [-0.3, -0.25) is 4.98 Å². The lowest BCUT2D eigenvalue weighted by Crippen LogP contribution is -2.14. The van der Waals surface area contributed by atoms with Gasteiger partial charge in [-0.05, 0) is 43.7 Å². The van der Waals surface area contributed by atoms with Crippen molar-refractivity contribution in [1.82, 2.24) is 15.0 Å². The van der Waals surface area contributed by atoms with E-state index in [2.05, 4.69) is 24.1 Å². The van der Waals surface area contributed by atoms with Crippen molar-refractivity contribution in [3.05, 3.63) is 35.8 Å². The van der Waals surface area contributed by atoms with E-state index < -0.39 is 0 Å². The van der Waals surface area contributed by atoms with Crippen LogP contribution in [0.25, 0.3) is 11.4 Å². The zero-order valence-electron chi connectivity index (χ0n) is 14.6. The molecule has 0 fully saturated rings. The lowest BCUT2D eigenvalue weighted by molar-refractivity contribution is 0.132. The Bertz CT molecular complexity index is 658. The van der Waals surface area contributed by atoms with Crippen molar-refractivity contribution in [3.63, 3.8) is 0 Å². The number of hydrogen-bond acceptors (Lipinski definition) is 5. The Morgan fingerprint density at radius 3 is 2.75 bits per heavy atom. The predicted octanol–water partition coefficient (Wildman–Crippen LogP) is 3.50. The third kappa shape index (κ3) is 4.29. The number of anilines is 1. The van der Waals surface area contributed by atoms with Gasteiger partial charge in [0, 0.05) is 42.4 Å². The van der Waals surface area contributed by atoms with E-state index in [-0.39, 0.29) is 0 Å². The van der Waals surface area contributed by atoms with Gasteiger partial charge in [0.25, 0.3) is 0 Å². The summed E-state index contributed by atoms with van der Waals surface area (Å²) in [5.74, 6) is 2.43. The molecule has 0 saturated heterocycles. The first-order chi connectivity index (χ1) is 11.7. The van der Waals surface area contributed by atoms with Gasteiger partial charge in [0.15, 0.2) is 5.82 Å². The molecule has 2 aromatic heterocycles. The van der Waals surface area contributed by atoms with Crippen LogP contribution in [0.1, 0.15) is 37.9 Å². The van der Waals surface area contributed by atoms with Crippen molar-refractivity contribution < 1.29 is 4.74 Å². The molecule has 5 nitrogen and oxygen atoms in total. The number of fused-ring (bicyclic) bond motifs is 1. The SMILES string of the molecule is CC(C)CCOCCNc1nc(-c2ccncc2)nc2c1CCC2. The predicted molar refractivity (Wildman–Crippen MR) is 96.1 cm³/mol. The van der Waals surface area contributed by atoms with Gasteiger partial charge in [-0.2, -0.15) is 0 Å². The summed E-state index contributed by atoms with van der Waals surface area (Å²) in [7, 11) is 0. The van der Waals surface area contributed by atoms with Crippen molar-refractivity contribution in [1.29, 1.82) is 0 Å². The molecule has 3 rings (SSSR count). The summed E-state index contributed by atoms with van der Waals surface area (Å²) in [5.41, 5.74) is 3.46. The molecule has 0 atom stereocenters. The van der Waals surface area contributed by atoms with E-state index in [0.29, 0.717) is 12.5 Å². The minimum absolute atomic E-state index is 0.686. The van der Waals surface area contributed by atoms with Crippen LogP contribution in [-0.2, 0) is 17.6 Å². The molecule has 0 aliphatic heterocycles. The molecule has 0 radical (unpaired) electrons. The van der Waals surface area contributed by atoms with Crippen LogP contribution in [-0.4, -0.2) is 34.7 Å². The second-order valence-corrected chi connectivity index (χ2v) is 6.63. The molecule has 0 saturated carbocycles. The number of aryl methyl sites for hydroxylation is 1. The van der Waals surface area contributed by atoms with Crippen LogP contribution < -0.4 is 5.32 Å². The van der Waals surface area contributed by atoms with E-state index >= 15 is 0 Å². The fraction of sp³-hybridized carbons (Fsp3) is 0.526. The molecule has 0 spiro atoms. The highest BCUT2D eigenvalue weighted by Gasteiger charge is 2.19. The molecule has 0 amide bonds. The summed E-state index contributed by atoms with van der Waals surface area (Å²) in [4.78, 5) is 13.6. The average molecular weight is 326 g/mol. The second-order valence-electron chi connectivity index (χ2n) is 6.63. The summed E-state index contributed by atoms with van der Waals surface area (Å²) in [6.45, 7) is 6.73. The summed E-state index contributed by atoms with van der Waals surface area (Å²) < 4.78 is 5.69. The van der Waals surface area contributed by atoms with E-state index in [0.717, 1.165) is 56.0 Å². The molecular weight excluding hydrogens is 300 g/mol. The lowest BCUT2D eigenvalue weighted by atomic mass is 10.1. The molecule has 128 valence electrons. The summed E-state index contributed by atoms with van der Waals surface area (Å²) in [6, 6.07) is 3.91. The highest BCUT2D eigenvalue weighted by Crippen LogP contribution is 2.28. The van der Waals surface area contributed by atoms with E-state index in [1.807, 2.05) is 12.1 Å². The van der Waals surface area contributed by atoms with Gasteiger partial charge < -0.3 is 10.1 Å². The molecule has 1 aliphatic rings. The molecule has 2 heterocycles. The first-order valence-corrected chi connectivity index (χ1v) is 8.86. The van der Waals surface area contributed by atoms with Crippen LogP contribution >= 0.6 is 0 Å². The smallest absolute Gasteiger partial charge is 0.161 e. The monoisotopic (exact) mass is 326 g/mol. The molecule has 1 aliphatic carbocycles. The second kappa shape index (κ2) is 8.20. The van der Waals surface area contributed by atoms with Crippen LogP contribution in [0.4, 0.5) is 5.82 Å². The van der Waals surface area contributed by atoms with Crippen LogP contribution in [0.5, 0.6) is 0 Å². The Balaban J connectivity index is 1.65. The molecule has 0 aromatic carbocycles. The van der Waals surface area contributed by atoms with Crippen LogP contribution in [0.3, 0.4) is 0 Å². The fourth-order valence-corrected chi connectivity index (χ4v) is 2.87. The summed E-state index contributed by atoms with van der Waals surface area (Å²) in [5, 5.41) is 3.45. The van der Waals surface area contributed by atoms with E-state index in [4.69, 9.17) is 14.7 Å². The standard InChI is InChI=1S/C19H26N4O/c1-14(2)8-12-24-13-11-21-19-16-4-3-5-17(16)22-18(23-19)15-6-9-20-10-7-15/h6-7,9-10,14H,3-5,8,11-13H2,1-2H3,(H,21,22,23). The van der Waals surface area contributed by atoms with Crippen molar-refractivity contribution in [2.75, 3.05) is 25.1 Å². The number of hydrogen-bond donors (Lipinski definition) is 1. The van der Waals surface area contributed by atoms with Gasteiger partial charge in [0.1, 0.15) is 5.82 Å². The molecule has 0 bridgehead atoms. The molecule has 5 heteroatoms. The molecule has 24 heavy (non-hydrogen) atoms. The Hall–Kier alpha value is -2.01. The van der Waals surface area contributed by atoms with Gasteiger partial charge >= 0.3 is 0 Å². The normalized spacial score (nSPS) is 13.3. The molecular formula is C19H26N4O. The first kappa shape index (κ1) is 16.8. The highest BCUT2D eigenvalue weighted by atomic mass is 16.5. The van der Waals surface area contributed by atoms with Gasteiger partial charge in [-0.1, -0.05) is 13.8 Å². The van der Waals surface area contributed by atoms with Crippen molar-refractivity contribution in [3.8, 4) is 11.4 Å². The largest absolute Gasteiger partial charge is 0.380 e. The Morgan fingerprint density at radius 1 is 1.12 bits per heavy atom. The number of nitrogens with one attached hydrogen (secondary N) is 1. The minimum atomic E-state index is 0.686. The van der Waals surface area contributed by atoms with Gasteiger partial charge in [-0.15, -0.1) is 0 Å². The molecule has 1 N–H and O–H groups in total. The summed E-state index contributed by atoms with van der Waals surface area (Å²) >= 11 is 0. The molecule has 2 aromatic rings. The van der Waals surface area contributed by atoms with Crippen LogP contribution in [0.15, 0.2) is 24.5 Å². The maximum absolute atomic E-state index is 5.69. The third-order valence-electron chi connectivity index (χ3n) is 4.25. The van der Waals surface area contributed by atoms with Crippen LogP contribution in [0.2, 0.25) is 0 Å². The molecule has 0 unspecified atom stereocenters. The lowest BCUT2D eigenvalue weighted by Gasteiger charge is -2.13. The topological polar surface area (TPSA) is 59.9 Å². The summed E-state index contributed by atoms with van der Waals surface area (Å²) in [6.07, 6.45) is 7.92. The Morgan fingerprint density at radius 2 is 1.96 bits per heavy atom. The van der Waals surface area contributed by atoms with E-state index in [9.17, 15) is 0 Å². The van der Waals surface area contributed by atoms with Gasteiger partial charge in [0.2, 0.25) is 0 Å². The van der Waals surface area contributed by atoms with Gasteiger partial charge in [-0.25, -0.2) is 9.97 Å². The van der Waals surface area contributed by atoms with Gasteiger partial charge in [0.05, 0.1) is 6.61 Å². The first-order valence-electron chi connectivity index (χ1n) is 8.86. The van der Waals surface area contributed by atoms with Crippen LogP contribution in [0, 0.1) is 5.92 Å². The fourth-order valence-electron chi connectivity index (χ4n) is 2.87. The van der Waals surface area contributed by atoms with E-state index in [1.54, 1.807) is 12.4 Å². The Labute approximate surface area is 143 Å². The van der Waals surface area contributed by atoms with E-state index in [1.165, 1.54) is 11.3 Å². The number of rotatable bonds is 8.